The lowest BCUT2D eigenvalue weighted by atomic mass is 10.3. The predicted molar refractivity (Wildman–Crippen MR) is 74.6 cm³/mol. The van der Waals surface area contributed by atoms with Crippen molar-refractivity contribution in [3.63, 3.8) is 0 Å². The van der Waals surface area contributed by atoms with Crippen LogP contribution in [0.3, 0.4) is 0 Å². The summed E-state index contributed by atoms with van der Waals surface area (Å²) in [7, 11) is 0. The second kappa shape index (κ2) is 8.07. The Morgan fingerprint density at radius 1 is 1.58 bits per heavy atom. The normalized spacial score (nSPS) is 9.95. The van der Waals surface area contributed by atoms with Crippen LogP contribution in [-0.4, -0.2) is 23.1 Å². The predicted octanol–water partition coefficient (Wildman–Crippen LogP) is 3.16. The largest absolute Gasteiger partial charge is 0.477 e. The Hall–Kier alpha value is -2.11. The minimum Gasteiger partial charge on any atom is -0.477 e. The van der Waals surface area contributed by atoms with E-state index in [0.717, 1.165) is 19.3 Å². The van der Waals surface area contributed by atoms with E-state index >= 15 is 0 Å². The standard InChI is InChI=1S/C13H19N3O3/c1-3-5-6-8-19-13-10-11(16(17)18)9-12(15-13)14-7-4-2/h3,9-10H,1,4-8H2,2H3,(H,14,15). The van der Waals surface area contributed by atoms with Gasteiger partial charge in [-0.15, -0.1) is 6.58 Å². The maximum absolute atomic E-state index is 10.8. The number of rotatable bonds is 9. The van der Waals surface area contributed by atoms with Gasteiger partial charge in [-0.3, -0.25) is 10.1 Å². The van der Waals surface area contributed by atoms with Crippen molar-refractivity contribution in [2.75, 3.05) is 18.5 Å². The van der Waals surface area contributed by atoms with Crippen molar-refractivity contribution < 1.29 is 9.66 Å². The molecule has 0 unspecified atom stereocenters. The number of anilines is 1. The number of nitrogens with one attached hydrogen (secondary N) is 1. The fourth-order valence-corrected chi connectivity index (χ4v) is 1.42. The lowest BCUT2D eigenvalue weighted by molar-refractivity contribution is -0.384. The number of nitro groups is 1. The zero-order valence-electron chi connectivity index (χ0n) is 11.1. The van der Waals surface area contributed by atoms with E-state index < -0.39 is 4.92 Å². The van der Waals surface area contributed by atoms with E-state index in [-0.39, 0.29) is 11.6 Å². The topological polar surface area (TPSA) is 77.3 Å². The summed E-state index contributed by atoms with van der Waals surface area (Å²) in [4.78, 5) is 14.6. The fourth-order valence-electron chi connectivity index (χ4n) is 1.42. The van der Waals surface area contributed by atoms with E-state index in [9.17, 15) is 10.1 Å². The minimum absolute atomic E-state index is 0.0210. The summed E-state index contributed by atoms with van der Waals surface area (Å²) in [6, 6.07) is 2.75. The molecule has 1 aromatic rings. The molecule has 6 nitrogen and oxygen atoms in total. The average molecular weight is 265 g/mol. The second-order valence-corrected chi connectivity index (χ2v) is 4.01. The van der Waals surface area contributed by atoms with Crippen molar-refractivity contribution in [2.45, 2.75) is 26.2 Å². The number of aromatic nitrogens is 1. The minimum atomic E-state index is -0.449. The highest BCUT2D eigenvalue weighted by Gasteiger charge is 2.11. The van der Waals surface area contributed by atoms with E-state index in [4.69, 9.17) is 4.74 Å². The molecule has 0 aliphatic carbocycles. The number of ether oxygens (including phenoxy) is 1. The summed E-state index contributed by atoms with van der Waals surface area (Å²) in [5.41, 5.74) is -0.0210. The monoisotopic (exact) mass is 265 g/mol. The Labute approximate surface area is 112 Å². The van der Waals surface area contributed by atoms with Crippen molar-refractivity contribution in [1.29, 1.82) is 0 Å². The molecule has 6 heteroatoms. The van der Waals surface area contributed by atoms with Crippen LogP contribution in [0, 0.1) is 10.1 Å². The summed E-state index contributed by atoms with van der Waals surface area (Å²) >= 11 is 0. The van der Waals surface area contributed by atoms with E-state index in [1.165, 1.54) is 12.1 Å². The van der Waals surface area contributed by atoms with Crippen LogP contribution in [0.15, 0.2) is 24.8 Å². The van der Waals surface area contributed by atoms with Gasteiger partial charge in [-0.1, -0.05) is 13.0 Å². The zero-order chi connectivity index (χ0) is 14.1. The van der Waals surface area contributed by atoms with Crippen LogP contribution in [0.5, 0.6) is 5.88 Å². The number of unbranched alkanes of at least 4 members (excludes halogenated alkanes) is 1. The van der Waals surface area contributed by atoms with Crippen LogP contribution in [0.1, 0.15) is 26.2 Å². The third kappa shape index (κ3) is 5.37. The molecule has 0 radical (unpaired) electrons. The summed E-state index contributed by atoms with van der Waals surface area (Å²) < 4.78 is 5.42. The Balaban J connectivity index is 2.74. The molecule has 0 bridgehead atoms. The number of hydrogen-bond donors (Lipinski definition) is 1. The van der Waals surface area contributed by atoms with Gasteiger partial charge < -0.3 is 10.1 Å². The van der Waals surface area contributed by atoms with Crippen LogP contribution >= 0.6 is 0 Å². The number of allylic oxidation sites excluding steroid dienone is 1. The van der Waals surface area contributed by atoms with Crippen molar-refractivity contribution in [3.05, 3.63) is 34.9 Å². The van der Waals surface area contributed by atoms with Crippen molar-refractivity contribution in [1.82, 2.24) is 4.98 Å². The lowest BCUT2D eigenvalue weighted by Crippen LogP contribution is -2.05. The molecule has 0 aliphatic heterocycles. The van der Waals surface area contributed by atoms with E-state index in [2.05, 4.69) is 16.9 Å². The Bertz CT molecular complexity index is 435. The van der Waals surface area contributed by atoms with Gasteiger partial charge in [-0.05, 0) is 19.3 Å². The number of nitrogens with zero attached hydrogens (tertiary/aromatic N) is 2. The maximum atomic E-state index is 10.8. The molecule has 0 saturated heterocycles. The SMILES string of the molecule is C=CCCCOc1cc([N+](=O)[O-])cc(NCCC)n1. The van der Waals surface area contributed by atoms with Crippen molar-refractivity contribution in [2.24, 2.45) is 0 Å². The molecule has 0 aliphatic rings. The molecule has 0 amide bonds. The molecule has 0 atom stereocenters. The zero-order valence-corrected chi connectivity index (χ0v) is 11.1. The first kappa shape index (κ1) is 14.9. The number of pyridine rings is 1. The summed E-state index contributed by atoms with van der Waals surface area (Å²) in [5, 5.41) is 13.9. The van der Waals surface area contributed by atoms with Gasteiger partial charge in [-0.2, -0.15) is 4.98 Å². The van der Waals surface area contributed by atoms with E-state index in [1.54, 1.807) is 6.08 Å². The molecule has 0 aromatic carbocycles. The lowest BCUT2D eigenvalue weighted by Gasteiger charge is -2.08. The van der Waals surface area contributed by atoms with Crippen LogP contribution in [-0.2, 0) is 0 Å². The molecule has 1 aromatic heterocycles. The summed E-state index contributed by atoms with van der Waals surface area (Å²) in [6.07, 6.45) is 4.37. The Morgan fingerprint density at radius 3 is 3.00 bits per heavy atom. The second-order valence-electron chi connectivity index (χ2n) is 4.01. The smallest absolute Gasteiger partial charge is 0.278 e. The van der Waals surface area contributed by atoms with Gasteiger partial charge in [0.15, 0.2) is 0 Å². The molecule has 1 rings (SSSR count). The van der Waals surface area contributed by atoms with Crippen molar-refractivity contribution >= 4 is 11.5 Å². The average Bonchev–Trinajstić information content (AvgIpc) is 2.41. The summed E-state index contributed by atoms with van der Waals surface area (Å²) in [5.74, 6) is 0.742. The molecule has 0 fully saturated rings. The van der Waals surface area contributed by atoms with Gasteiger partial charge in [-0.25, -0.2) is 0 Å². The van der Waals surface area contributed by atoms with Crippen LogP contribution in [0.2, 0.25) is 0 Å². The first-order valence-electron chi connectivity index (χ1n) is 6.31. The highest BCUT2D eigenvalue weighted by molar-refractivity contribution is 5.48. The maximum Gasteiger partial charge on any atom is 0.278 e. The molecular weight excluding hydrogens is 246 g/mol. The van der Waals surface area contributed by atoms with Gasteiger partial charge >= 0.3 is 0 Å². The van der Waals surface area contributed by atoms with Crippen molar-refractivity contribution in [3.8, 4) is 5.88 Å². The van der Waals surface area contributed by atoms with Gasteiger partial charge in [0.2, 0.25) is 5.88 Å². The van der Waals surface area contributed by atoms with Crippen LogP contribution < -0.4 is 10.1 Å². The highest BCUT2D eigenvalue weighted by atomic mass is 16.6. The molecule has 19 heavy (non-hydrogen) atoms. The third-order valence-electron chi connectivity index (χ3n) is 2.36. The highest BCUT2D eigenvalue weighted by Crippen LogP contribution is 2.22. The molecule has 1 N–H and O–H groups in total. The first-order chi connectivity index (χ1) is 9.17. The molecule has 1 heterocycles. The van der Waals surface area contributed by atoms with E-state index in [1.807, 2.05) is 6.92 Å². The Kier molecular flexibility index (Phi) is 6.35. The molecule has 0 spiro atoms. The van der Waals surface area contributed by atoms with E-state index in [0.29, 0.717) is 19.0 Å². The molecular formula is C13H19N3O3. The van der Waals surface area contributed by atoms with Crippen LogP contribution in [0.4, 0.5) is 11.5 Å². The quantitative estimate of drug-likeness (QED) is 0.321. The Morgan fingerprint density at radius 2 is 2.37 bits per heavy atom. The molecule has 0 saturated carbocycles. The summed E-state index contributed by atoms with van der Waals surface area (Å²) in [6.45, 7) is 6.81. The van der Waals surface area contributed by atoms with Gasteiger partial charge in [0.05, 0.1) is 23.7 Å². The first-order valence-corrected chi connectivity index (χ1v) is 6.31. The van der Waals surface area contributed by atoms with Gasteiger partial charge in [0.25, 0.3) is 5.69 Å². The van der Waals surface area contributed by atoms with Gasteiger partial charge in [0.1, 0.15) is 5.82 Å². The number of hydrogen-bond acceptors (Lipinski definition) is 5. The van der Waals surface area contributed by atoms with Gasteiger partial charge in [0, 0.05) is 6.54 Å². The third-order valence-corrected chi connectivity index (χ3v) is 2.36. The molecule has 104 valence electrons. The van der Waals surface area contributed by atoms with Crippen LogP contribution in [0.25, 0.3) is 0 Å². The fraction of sp³-hybridized carbons (Fsp3) is 0.462.